The highest BCUT2D eigenvalue weighted by atomic mass is 16.7. The summed E-state index contributed by atoms with van der Waals surface area (Å²) in [4.78, 5) is 16.7. The predicted molar refractivity (Wildman–Crippen MR) is 77.1 cm³/mol. The standard InChI is InChI=1S/C16H15NO3/c1-12(13-6-4-3-5-7-13)17-20-16(18)14-8-10-15(19-2)11-9-14/h3-11H,1-2H3. The number of carbonyl (C=O) groups excluding carboxylic acids is 1. The summed E-state index contributed by atoms with van der Waals surface area (Å²) in [6.07, 6.45) is 0. The minimum absolute atomic E-state index is 0.426. The maximum Gasteiger partial charge on any atom is 0.365 e. The molecule has 0 aliphatic heterocycles. The van der Waals surface area contributed by atoms with Crippen molar-refractivity contribution in [3.05, 3.63) is 65.7 Å². The first-order valence-corrected chi connectivity index (χ1v) is 6.16. The summed E-state index contributed by atoms with van der Waals surface area (Å²) in [6.45, 7) is 1.79. The average Bonchev–Trinajstić information content (AvgIpc) is 2.53. The molecule has 0 saturated heterocycles. The monoisotopic (exact) mass is 269 g/mol. The van der Waals surface area contributed by atoms with Gasteiger partial charge in [-0.15, -0.1) is 0 Å². The van der Waals surface area contributed by atoms with E-state index < -0.39 is 5.97 Å². The number of nitrogens with zero attached hydrogens (tertiary/aromatic N) is 1. The van der Waals surface area contributed by atoms with Gasteiger partial charge >= 0.3 is 5.97 Å². The van der Waals surface area contributed by atoms with E-state index in [1.165, 1.54) is 0 Å². The topological polar surface area (TPSA) is 47.9 Å². The molecule has 0 amide bonds. The fourth-order valence-corrected chi connectivity index (χ4v) is 1.62. The van der Waals surface area contributed by atoms with Gasteiger partial charge in [-0.25, -0.2) is 4.79 Å². The van der Waals surface area contributed by atoms with Crippen LogP contribution in [0.2, 0.25) is 0 Å². The second-order valence-electron chi connectivity index (χ2n) is 4.15. The highest BCUT2D eigenvalue weighted by Crippen LogP contribution is 2.12. The van der Waals surface area contributed by atoms with Gasteiger partial charge in [-0.2, -0.15) is 0 Å². The number of hydrogen-bond donors (Lipinski definition) is 0. The first kappa shape index (κ1) is 13.8. The second-order valence-corrected chi connectivity index (χ2v) is 4.15. The predicted octanol–water partition coefficient (Wildman–Crippen LogP) is 3.28. The third-order valence-electron chi connectivity index (χ3n) is 2.78. The zero-order valence-corrected chi connectivity index (χ0v) is 11.4. The van der Waals surface area contributed by atoms with Crippen LogP contribution in [0, 0.1) is 0 Å². The van der Waals surface area contributed by atoms with E-state index >= 15 is 0 Å². The van der Waals surface area contributed by atoms with E-state index in [4.69, 9.17) is 9.57 Å². The van der Waals surface area contributed by atoms with E-state index in [1.54, 1.807) is 38.3 Å². The van der Waals surface area contributed by atoms with E-state index in [1.807, 2.05) is 30.3 Å². The van der Waals surface area contributed by atoms with E-state index in [9.17, 15) is 4.79 Å². The van der Waals surface area contributed by atoms with Crippen molar-refractivity contribution >= 4 is 11.7 Å². The molecule has 0 aliphatic carbocycles. The van der Waals surface area contributed by atoms with Gasteiger partial charge in [-0.05, 0) is 36.8 Å². The lowest BCUT2D eigenvalue weighted by atomic mass is 10.1. The molecular weight excluding hydrogens is 254 g/mol. The highest BCUT2D eigenvalue weighted by molar-refractivity contribution is 5.99. The van der Waals surface area contributed by atoms with Gasteiger partial charge in [0.2, 0.25) is 0 Å². The molecule has 4 heteroatoms. The maximum absolute atomic E-state index is 11.8. The van der Waals surface area contributed by atoms with Crippen LogP contribution < -0.4 is 4.74 Å². The molecule has 20 heavy (non-hydrogen) atoms. The number of benzene rings is 2. The van der Waals surface area contributed by atoms with Crippen LogP contribution in [-0.4, -0.2) is 18.8 Å². The molecule has 102 valence electrons. The quantitative estimate of drug-likeness (QED) is 0.486. The Hall–Kier alpha value is -2.62. The van der Waals surface area contributed by atoms with Gasteiger partial charge in [0.1, 0.15) is 5.75 Å². The number of oxime groups is 1. The van der Waals surface area contributed by atoms with Crippen molar-refractivity contribution in [2.24, 2.45) is 5.16 Å². The Kier molecular flexibility index (Phi) is 4.50. The normalized spacial score (nSPS) is 11.0. The molecule has 2 aromatic carbocycles. The van der Waals surface area contributed by atoms with E-state index in [-0.39, 0.29) is 0 Å². The molecule has 0 N–H and O–H groups in total. The Bertz CT molecular complexity index is 603. The minimum atomic E-state index is -0.497. The van der Waals surface area contributed by atoms with Gasteiger partial charge in [0.15, 0.2) is 0 Å². The molecule has 4 nitrogen and oxygen atoms in total. The van der Waals surface area contributed by atoms with Crippen LogP contribution in [0.3, 0.4) is 0 Å². The smallest absolute Gasteiger partial charge is 0.365 e. The van der Waals surface area contributed by atoms with E-state index in [0.29, 0.717) is 17.0 Å². The summed E-state index contributed by atoms with van der Waals surface area (Å²) in [5.41, 5.74) is 1.98. The van der Waals surface area contributed by atoms with Gasteiger partial charge in [0, 0.05) is 0 Å². The lowest BCUT2D eigenvalue weighted by Gasteiger charge is -2.02. The van der Waals surface area contributed by atoms with Crippen molar-refractivity contribution in [3.63, 3.8) is 0 Å². The molecule has 0 atom stereocenters. The van der Waals surface area contributed by atoms with Crippen LogP contribution in [-0.2, 0) is 4.84 Å². The Morgan fingerprint density at radius 3 is 2.20 bits per heavy atom. The largest absolute Gasteiger partial charge is 0.497 e. The third kappa shape index (κ3) is 3.45. The Labute approximate surface area is 117 Å². The Morgan fingerprint density at radius 1 is 0.950 bits per heavy atom. The summed E-state index contributed by atoms with van der Waals surface area (Å²) in [6, 6.07) is 16.2. The summed E-state index contributed by atoms with van der Waals surface area (Å²) < 4.78 is 5.03. The van der Waals surface area contributed by atoms with Gasteiger partial charge in [-0.3, -0.25) is 0 Å². The second kappa shape index (κ2) is 6.52. The summed E-state index contributed by atoms with van der Waals surface area (Å²) in [5, 5.41) is 3.85. The molecule has 0 aliphatic rings. The molecule has 0 unspecified atom stereocenters. The van der Waals surface area contributed by atoms with Gasteiger partial charge in [-0.1, -0.05) is 35.5 Å². The van der Waals surface area contributed by atoms with Gasteiger partial charge < -0.3 is 9.57 Å². The number of hydrogen-bond acceptors (Lipinski definition) is 4. The van der Waals surface area contributed by atoms with Crippen LogP contribution >= 0.6 is 0 Å². The molecule has 0 fully saturated rings. The minimum Gasteiger partial charge on any atom is -0.497 e. The molecule has 0 aromatic heterocycles. The number of ether oxygens (including phenoxy) is 1. The number of rotatable bonds is 4. The molecule has 0 bridgehead atoms. The number of carbonyl (C=O) groups is 1. The average molecular weight is 269 g/mol. The van der Waals surface area contributed by atoms with Crippen molar-refractivity contribution in [1.29, 1.82) is 0 Å². The van der Waals surface area contributed by atoms with Crippen molar-refractivity contribution in [2.75, 3.05) is 7.11 Å². The van der Waals surface area contributed by atoms with Crippen LogP contribution in [0.5, 0.6) is 5.75 Å². The van der Waals surface area contributed by atoms with E-state index in [2.05, 4.69) is 5.16 Å². The first-order chi connectivity index (χ1) is 9.70. The summed E-state index contributed by atoms with van der Waals surface area (Å²) in [7, 11) is 1.57. The number of methoxy groups -OCH3 is 1. The molecule has 0 radical (unpaired) electrons. The maximum atomic E-state index is 11.8. The molecule has 0 saturated carbocycles. The van der Waals surface area contributed by atoms with Crippen molar-refractivity contribution in [3.8, 4) is 5.75 Å². The van der Waals surface area contributed by atoms with Crippen LogP contribution in [0.1, 0.15) is 22.8 Å². The van der Waals surface area contributed by atoms with Crippen molar-refractivity contribution < 1.29 is 14.4 Å². The third-order valence-corrected chi connectivity index (χ3v) is 2.78. The molecule has 0 spiro atoms. The Balaban J connectivity index is 2.04. The fraction of sp³-hybridized carbons (Fsp3) is 0.125. The summed E-state index contributed by atoms with van der Waals surface area (Å²) >= 11 is 0. The zero-order valence-electron chi connectivity index (χ0n) is 11.4. The van der Waals surface area contributed by atoms with Crippen LogP contribution in [0.25, 0.3) is 0 Å². The van der Waals surface area contributed by atoms with Gasteiger partial charge in [0.25, 0.3) is 0 Å². The van der Waals surface area contributed by atoms with Crippen molar-refractivity contribution in [2.45, 2.75) is 6.92 Å². The zero-order chi connectivity index (χ0) is 14.4. The molecular formula is C16H15NO3. The lowest BCUT2D eigenvalue weighted by Crippen LogP contribution is -2.03. The molecule has 2 aromatic rings. The fourth-order valence-electron chi connectivity index (χ4n) is 1.62. The first-order valence-electron chi connectivity index (χ1n) is 6.16. The Morgan fingerprint density at radius 2 is 1.60 bits per heavy atom. The van der Waals surface area contributed by atoms with Crippen molar-refractivity contribution in [1.82, 2.24) is 0 Å². The van der Waals surface area contributed by atoms with E-state index in [0.717, 1.165) is 5.56 Å². The van der Waals surface area contributed by atoms with Crippen LogP contribution in [0.15, 0.2) is 59.8 Å². The SMILES string of the molecule is COc1ccc(C(=O)ON=C(C)c2ccccc2)cc1. The molecule has 2 rings (SSSR count). The van der Waals surface area contributed by atoms with Gasteiger partial charge in [0.05, 0.1) is 18.4 Å². The summed E-state index contributed by atoms with van der Waals surface area (Å²) in [5.74, 6) is 0.188. The van der Waals surface area contributed by atoms with Crippen LogP contribution in [0.4, 0.5) is 0 Å². The highest BCUT2D eigenvalue weighted by Gasteiger charge is 2.07. The molecule has 0 heterocycles. The lowest BCUT2D eigenvalue weighted by molar-refractivity contribution is 0.0516.